The van der Waals surface area contributed by atoms with E-state index >= 15 is 0 Å². The van der Waals surface area contributed by atoms with E-state index in [1.807, 2.05) is 0 Å². The van der Waals surface area contributed by atoms with Crippen molar-refractivity contribution in [3.63, 3.8) is 0 Å². The van der Waals surface area contributed by atoms with E-state index in [0.717, 1.165) is 0 Å². The van der Waals surface area contributed by atoms with Crippen LogP contribution in [0.25, 0.3) is 10.8 Å². The third-order valence-corrected chi connectivity index (χ3v) is 6.16. The molecule has 2 aliphatic rings. The molecule has 2 radical (unpaired) electrons. The summed E-state index contributed by atoms with van der Waals surface area (Å²) in [5, 5.41) is 2.66. The van der Waals surface area contributed by atoms with Gasteiger partial charge in [0.05, 0.1) is 0 Å². The molecule has 1 aliphatic carbocycles. The van der Waals surface area contributed by atoms with Crippen molar-refractivity contribution in [1.82, 2.24) is 0 Å². The fourth-order valence-electron chi connectivity index (χ4n) is 2.86. The molecule has 0 nitrogen and oxygen atoms in total. The number of halogens is 2. The molecule has 0 N–H and O–H groups in total. The minimum Gasteiger partial charge on any atom is -1.00 e. The van der Waals surface area contributed by atoms with Crippen molar-refractivity contribution in [3.05, 3.63) is 65.3 Å². The first-order valence-corrected chi connectivity index (χ1v) is 10.1. The van der Waals surface area contributed by atoms with Crippen LogP contribution in [-0.2, 0) is 26.2 Å². The van der Waals surface area contributed by atoms with Gasteiger partial charge in [-0.2, -0.15) is 28.7 Å². The molecule has 4 rings (SSSR count). The largest absolute Gasteiger partial charge is 4.00 e. The van der Waals surface area contributed by atoms with Gasteiger partial charge in [-0.05, 0) is 0 Å². The van der Waals surface area contributed by atoms with Crippen molar-refractivity contribution in [2.75, 3.05) is 0 Å². The molecule has 0 aromatic heterocycles. The third-order valence-electron chi connectivity index (χ3n) is 4.74. The van der Waals surface area contributed by atoms with Crippen LogP contribution in [0, 0.1) is 12.0 Å². The van der Waals surface area contributed by atoms with E-state index in [4.69, 9.17) is 0 Å². The molecule has 138 valence electrons. The van der Waals surface area contributed by atoms with E-state index in [1.54, 1.807) is 0 Å². The Labute approximate surface area is 179 Å². The predicted octanol–water partition coefficient (Wildman–Crippen LogP) is 0.607. The number of fused-ring (bicyclic) bond motifs is 1. The minimum atomic E-state index is 0. The molecule has 1 unspecified atom stereocenters. The normalized spacial score (nSPS) is 17.5. The fraction of sp³-hybridized carbons (Fsp3) is 0.409. The Balaban J connectivity index is 0. The van der Waals surface area contributed by atoms with Crippen molar-refractivity contribution in [2.24, 2.45) is 5.92 Å². The monoisotopic (exact) mass is 448 g/mol. The summed E-state index contributed by atoms with van der Waals surface area (Å²) in [5.41, 5.74) is 4.25. The maximum Gasteiger partial charge on any atom is 4.00 e. The summed E-state index contributed by atoms with van der Waals surface area (Å²) in [4.78, 5) is 0. The van der Waals surface area contributed by atoms with Crippen molar-refractivity contribution in [2.45, 2.75) is 52.6 Å². The predicted molar refractivity (Wildman–Crippen MR) is 104 cm³/mol. The Kier molecular flexibility index (Phi) is 15.2. The summed E-state index contributed by atoms with van der Waals surface area (Å²) in [6.07, 6.45) is 6.38. The van der Waals surface area contributed by atoms with Crippen LogP contribution in [0.15, 0.2) is 59.2 Å². The molecule has 1 aliphatic heterocycles. The summed E-state index contributed by atoms with van der Waals surface area (Å²) in [5.74, 6) is 0.560. The number of benzene rings is 1. The van der Waals surface area contributed by atoms with E-state index in [9.17, 15) is 0 Å². The van der Waals surface area contributed by atoms with Gasteiger partial charge >= 0.3 is 26.2 Å². The first-order valence-electron chi connectivity index (χ1n) is 8.68. The van der Waals surface area contributed by atoms with Crippen LogP contribution in [-0.4, -0.2) is 9.52 Å². The molecule has 1 saturated heterocycles. The maximum atomic E-state index is 3.36. The molecule has 1 heterocycles. The van der Waals surface area contributed by atoms with Gasteiger partial charge in [-0.25, -0.2) is 5.57 Å². The summed E-state index contributed by atoms with van der Waals surface area (Å²) >= 11 is 0. The van der Waals surface area contributed by atoms with E-state index in [0.29, 0.717) is 5.92 Å². The summed E-state index contributed by atoms with van der Waals surface area (Å²) in [6.45, 7) is 8.67. The zero-order valence-corrected chi connectivity index (χ0v) is 19.7. The van der Waals surface area contributed by atoms with E-state index in [1.165, 1.54) is 61.9 Å². The Morgan fingerprint density at radius 1 is 1.00 bits per heavy atom. The first-order chi connectivity index (χ1) is 11.1. The summed E-state index contributed by atoms with van der Waals surface area (Å²) in [7, 11) is 1.31. The van der Waals surface area contributed by atoms with Crippen LogP contribution in [0.5, 0.6) is 0 Å². The summed E-state index contributed by atoms with van der Waals surface area (Å²) < 4.78 is 0. The fourth-order valence-corrected chi connectivity index (χ4v) is 4.11. The van der Waals surface area contributed by atoms with Gasteiger partial charge in [0, 0.05) is 9.52 Å². The topological polar surface area (TPSA) is 0 Å². The molecular weight excluding hydrogens is 422 g/mol. The minimum absolute atomic E-state index is 0. The molecule has 0 bridgehead atoms. The molecule has 26 heavy (non-hydrogen) atoms. The molecule has 0 spiro atoms. The Bertz CT molecular complexity index is 646. The average Bonchev–Trinajstić information content (AvgIpc) is 3.30. The van der Waals surface area contributed by atoms with Gasteiger partial charge in [-0.3, -0.25) is 6.08 Å². The number of hydrogen-bond acceptors (Lipinski definition) is 0. The van der Waals surface area contributed by atoms with Crippen LogP contribution in [0.4, 0.5) is 0 Å². The van der Waals surface area contributed by atoms with Gasteiger partial charge in [0.1, 0.15) is 0 Å². The Morgan fingerprint density at radius 3 is 2.00 bits per heavy atom. The molecule has 1 fully saturated rings. The van der Waals surface area contributed by atoms with Crippen LogP contribution < -0.4 is 9.41 Å². The first kappa shape index (κ1) is 27.5. The van der Waals surface area contributed by atoms with Gasteiger partial charge in [0.15, 0.2) is 0 Å². The third kappa shape index (κ3) is 8.31. The van der Waals surface area contributed by atoms with Crippen LogP contribution in [0.3, 0.4) is 0 Å². The second-order valence-electron chi connectivity index (χ2n) is 6.41. The molecule has 1 atom stereocenters. The van der Waals surface area contributed by atoms with E-state index in [-0.39, 0.29) is 35.6 Å². The quantitative estimate of drug-likeness (QED) is 0.408. The number of allylic oxidation sites excluding steroid dienone is 4. The smallest absolute Gasteiger partial charge is 1.00 e. The van der Waals surface area contributed by atoms with Gasteiger partial charge in [0.25, 0.3) is 0 Å². The van der Waals surface area contributed by atoms with Gasteiger partial charge in [-0.1, -0.05) is 57.7 Å². The molecule has 2 aromatic carbocycles. The SMILES string of the molecule is C1CC[Si]C1.CC1=[C-]C(C)C(C)=C1C.[F-].[F-].[Zr+4].c1ccc2[cH-]ccc2c1. The number of hydrogen-bond donors (Lipinski definition) is 0. The molecule has 0 saturated carbocycles. The Morgan fingerprint density at radius 2 is 1.62 bits per heavy atom. The van der Waals surface area contributed by atoms with Gasteiger partial charge in [0.2, 0.25) is 0 Å². The number of rotatable bonds is 0. The van der Waals surface area contributed by atoms with Crippen molar-refractivity contribution < 1.29 is 35.6 Å². The zero-order valence-electron chi connectivity index (χ0n) is 16.2. The average molecular weight is 450 g/mol. The molecular formula is C22H28F2SiZr. The maximum absolute atomic E-state index is 3.36. The van der Waals surface area contributed by atoms with Crippen molar-refractivity contribution >= 4 is 20.3 Å². The van der Waals surface area contributed by atoms with Crippen LogP contribution in [0.1, 0.15) is 40.5 Å². The zero-order chi connectivity index (χ0) is 16.7. The van der Waals surface area contributed by atoms with E-state index in [2.05, 4.69) is 76.2 Å². The molecule has 2 aromatic rings. The molecule has 4 heteroatoms. The van der Waals surface area contributed by atoms with Crippen LogP contribution >= 0.6 is 0 Å². The standard InChI is InChI=1S/C9H7.C9H13.C4H8Si.2FH.Zr/c1-2-5-9-7-3-6-8(9)4-1;1-6-5-7(2)9(4)8(6)3;1-2-4-5-3-1;;;/h1-7H;6H,1-4H3;1-4H2;2*1H;/q2*-1;;;;+4/p-2. The molecule has 0 amide bonds. The summed E-state index contributed by atoms with van der Waals surface area (Å²) in [6, 6.07) is 17.7. The van der Waals surface area contributed by atoms with Gasteiger partial charge in [-0.15, -0.1) is 36.6 Å². The van der Waals surface area contributed by atoms with Crippen LogP contribution in [0.2, 0.25) is 12.1 Å². The van der Waals surface area contributed by atoms with E-state index < -0.39 is 0 Å². The van der Waals surface area contributed by atoms with Crippen molar-refractivity contribution in [1.29, 1.82) is 0 Å². The second-order valence-corrected chi connectivity index (χ2v) is 7.91. The van der Waals surface area contributed by atoms with Crippen molar-refractivity contribution in [3.8, 4) is 0 Å². The second kappa shape index (κ2) is 14.3. The Hall–Kier alpha value is -0.730. The van der Waals surface area contributed by atoms with Gasteiger partial charge < -0.3 is 9.41 Å².